The molecular formula is C15H20ClNO4S. The zero-order valence-electron chi connectivity index (χ0n) is 12.6. The number of sulfonamides is 1. The SMILES string of the molecule is CC1Cc2cc(S(=O)(=O)N3C[C@@H](CO)[C@H](C)C3)cc(Cl)c2O1. The molecule has 0 bridgehead atoms. The van der Waals surface area contributed by atoms with E-state index in [1.165, 1.54) is 10.4 Å². The molecule has 5 nitrogen and oxygen atoms in total. The molecule has 0 amide bonds. The van der Waals surface area contributed by atoms with Crippen LogP contribution in [0.3, 0.4) is 0 Å². The molecule has 2 aliphatic heterocycles. The second-order valence-electron chi connectivity index (χ2n) is 6.27. The van der Waals surface area contributed by atoms with Crippen molar-refractivity contribution in [2.75, 3.05) is 19.7 Å². The third-order valence-electron chi connectivity index (χ3n) is 4.53. The number of fused-ring (bicyclic) bond motifs is 1. The van der Waals surface area contributed by atoms with Crippen LogP contribution in [-0.4, -0.2) is 43.6 Å². The number of nitrogens with zero attached hydrogens (tertiary/aromatic N) is 1. The molecule has 3 rings (SSSR count). The van der Waals surface area contributed by atoms with Crippen LogP contribution < -0.4 is 4.74 Å². The van der Waals surface area contributed by atoms with Gasteiger partial charge in [0.2, 0.25) is 10.0 Å². The lowest BCUT2D eigenvalue weighted by molar-refractivity contribution is 0.210. The van der Waals surface area contributed by atoms with Crippen molar-refractivity contribution in [2.45, 2.75) is 31.3 Å². The molecule has 0 spiro atoms. The van der Waals surface area contributed by atoms with Crippen molar-refractivity contribution in [1.29, 1.82) is 0 Å². The summed E-state index contributed by atoms with van der Waals surface area (Å²) in [7, 11) is -3.59. The summed E-state index contributed by atoms with van der Waals surface area (Å²) in [6, 6.07) is 3.13. The van der Waals surface area contributed by atoms with Crippen LogP contribution in [0.4, 0.5) is 0 Å². The van der Waals surface area contributed by atoms with E-state index in [0.29, 0.717) is 30.3 Å². The van der Waals surface area contributed by atoms with Crippen molar-refractivity contribution in [3.63, 3.8) is 0 Å². The van der Waals surface area contributed by atoms with Gasteiger partial charge in [-0.2, -0.15) is 4.31 Å². The number of aliphatic hydroxyl groups excluding tert-OH is 1. The molecule has 0 radical (unpaired) electrons. The van der Waals surface area contributed by atoms with Gasteiger partial charge in [-0.15, -0.1) is 0 Å². The monoisotopic (exact) mass is 345 g/mol. The second-order valence-corrected chi connectivity index (χ2v) is 8.61. The van der Waals surface area contributed by atoms with Crippen molar-refractivity contribution >= 4 is 21.6 Å². The first kappa shape index (κ1) is 16.1. The molecule has 3 atom stereocenters. The van der Waals surface area contributed by atoms with Gasteiger partial charge in [0, 0.05) is 31.7 Å². The van der Waals surface area contributed by atoms with Crippen molar-refractivity contribution < 1.29 is 18.3 Å². The number of ether oxygens (including phenoxy) is 1. The maximum Gasteiger partial charge on any atom is 0.243 e. The van der Waals surface area contributed by atoms with Crippen LogP contribution in [0.15, 0.2) is 17.0 Å². The Morgan fingerprint density at radius 1 is 1.36 bits per heavy atom. The predicted molar refractivity (Wildman–Crippen MR) is 83.7 cm³/mol. The Hall–Kier alpha value is -0.820. The molecule has 122 valence electrons. The summed E-state index contributed by atoms with van der Waals surface area (Å²) >= 11 is 6.19. The van der Waals surface area contributed by atoms with Crippen LogP contribution in [0, 0.1) is 11.8 Å². The molecule has 1 saturated heterocycles. The van der Waals surface area contributed by atoms with Gasteiger partial charge in [-0.3, -0.25) is 0 Å². The molecule has 22 heavy (non-hydrogen) atoms. The van der Waals surface area contributed by atoms with Crippen LogP contribution >= 0.6 is 11.6 Å². The first-order valence-corrected chi connectivity index (χ1v) is 9.24. The maximum atomic E-state index is 12.8. The number of halogens is 1. The van der Waals surface area contributed by atoms with E-state index in [9.17, 15) is 13.5 Å². The van der Waals surface area contributed by atoms with E-state index in [1.807, 2.05) is 13.8 Å². The fourth-order valence-corrected chi connectivity index (χ4v) is 5.20. The number of hydrogen-bond acceptors (Lipinski definition) is 4. The van der Waals surface area contributed by atoms with E-state index in [2.05, 4.69) is 0 Å². The van der Waals surface area contributed by atoms with E-state index in [0.717, 1.165) is 5.56 Å². The summed E-state index contributed by atoms with van der Waals surface area (Å²) in [6.45, 7) is 4.67. The van der Waals surface area contributed by atoms with E-state index < -0.39 is 10.0 Å². The van der Waals surface area contributed by atoms with Gasteiger partial charge in [0.05, 0.1) is 9.92 Å². The molecule has 1 N–H and O–H groups in total. The first-order chi connectivity index (χ1) is 10.3. The van der Waals surface area contributed by atoms with Gasteiger partial charge in [-0.05, 0) is 30.9 Å². The Morgan fingerprint density at radius 2 is 2.09 bits per heavy atom. The zero-order valence-corrected chi connectivity index (χ0v) is 14.2. The van der Waals surface area contributed by atoms with Crippen molar-refractivity contribution in [2.24, 2.45) is 11.8 Å². The number of benzene rings is 1. The Labute approximate surface area is 135 Å². The number of hydrogen-bond donors (Lipinski definition) is 1. The minimum atomic E-state index is -3.59. The minimum absolute atomic E-state index is 0.00346. The van der Waals surface area contributed by atoms with Gasteiger partial charge in [0.15, 0.2) is 0 Å². The van der Waals surface area contributed by atoms with Crippen molar-refractivity contribution in [1.82, 2.24) is 4.31 Å². The molecule has 0 aromatic heterocycles. The molecule has 1 aromatic rings. The van der Waals surface area contributed by atoms with Crippen LogP contribution in [0.25, 0.3) is 0 Å². The summed E-state index contributed by atoms with van der Waals surface area (Å²) in [5.74, 6) is 0.729. The highest BCUT2D eigenvalue weighted by Crippen LogP contribution is 2.39. The fourth-order valence-electron chi connectivity index (χ4n) is 3.18. The molecular weight excluding hydrogens is 326 g/mol. The van der Waals surface area contributed by atoms with Crippen molar-refractivity contribution in [3.8, 4) is 5.75 Å². The van der Waals surface area contributed by atoms with Crippen LogP contribution in [0.2, 0.25) is 5.02 Å². The average Bonchev–Trinajstić information content (AvgIpc) is 3.01. The lowest BCUT2D eigenvalue weighted by Crippen LogP contribution is -2.29. The third kappa shape index (κ3) is 2.62. The van der Waals surface area contributed by atoms with Gasteiger partial charge >= 0.3 is 0 Å². The summed E-state index contributed by atoms with van der Waals surface area (Å²) in [5.41, 5.74) is 0.838. The summed E-state index contributed by atoms with van der Waals surface area (Å²) in [4.78, 5) is 0.208. The van der Waals surface area contributed by atoms with Gasteiger partial charge in [0.25, 0.3) is 0 Å². The largest absolute Gasteiger partial charge is 0.489 e. The normalized spacial score (nSPS) is 28.6. The van der Waals surface area contributed by atoms with E-state index >= 15 is 0 Å². The van der Waals surface area contributed by atoms with Crippen LogP contribution in [0.5, 0.6) is 5.75 Å². The first-order valence-electron chi connectivity index (χ1n) is 7.43. The molecule has 0 saturated carbocycles. The van der Waals surface area contributed by atoms with E-state index in [1.54, 1.807) is 6.07 Å². The Morgan fingerprint density at radius 3 is 2.73 bits per heavy atom. The van der Waals surface area contributed by atoms with E-state index in [4.69, 9.17) is 16.3 Å². The lowest BCUT2D eigenvalue weighted by Gasteiger charge is -2.17. The molecule has 1 fully saturated rings. The minimum Gasteiger partial charge on any atom is -0.489 e. The smallest absolute Gasteiger partial charge is 0.243 e. The van der Waals surface area contributed by atoms with Gasteiger partial charge in [0.1, 0.15) is 11.9 Å². The Kier molecular flexibility index (Phi) is 4.14. The number of aliphatic hydroxyl groups is 1. The van der Waals surface area contributed by atoms with Gasteiger partial charge in [-0.1, -0.05) is 18.5 Å². The average molecular weight is 346 g/mol. The number of rotatable bonds is 3. The van der Waals surface area contributed by atoms with Crippen molar-refractivity contribution in [3.05, 3.63) is 22.7 Å². The summed E-state index contributed by atoms with van der Waals surface area (Å²) < 4.78 is 32.7. The van der Waals surface area contributed by atoms with E-state index in [-0.39, 0.29) is 29.4 Å². The second kappa shape index (κ2) is 5.67. The van der Waals surface area contributed by atoms with Crippen LogP contribution in [0.1, 0.15) is 19.4 Å². The van der Waals surface area contributed by atoms with Gasteiger partial charge in [-0.25, -0.2) is 8.42 Å². The molecule has 0 aliphatic carbocycles. The fraction of sp³-hybridized carbons (Fsp3) is 0.600. The highest BCUT2D eigenvalue weighted by molar-refractivity contribution is 7.89. The quantitative estimate of drug-likeness (QED) is 0.908. The lowest BCUT2D eigenvalue weighted by atomic mass is 10.00. The summed E-state index contributed by atoms with van der Waals surface area (Å²) in [5, 5.41) is 9.67. The zero-order chi connectivity index (χ0) is 16.1. The standard InChI is InChI=1S/C15H20ClNO4S/c1-9-6-17(7-12(9)8-18)22(19,20)13-4-11-3-10(2)21-15(11)14(16)5-13/h4-5,9-10,12,18H,3,6-8H2,1-2H3/t9-,10?,12+/m1/s1. The topological polar surface area (TPSA) is 66.8 Å². The van der Waals surface area contributed by atoms with Gasteiger partial charge < -0.3 is 9.84 Å². The Bertz CT molecular complexity index is 691. The highest BCUT2D eigenvalue weighted by Gasteiger charge is 2.37. The molecule has 2 aliphatic rings. The molecule has 7 heteroatoms. The predicted octanol–water partition coefficient (Wildman–Crippen LogP) is 1.91. The third-order valence-corrected chi connectivity index (χ3v) is 6.62. The summed E-state index contributed by atoms with van der Waals surface area (Å²) in [6.07, 6.45) is 0.671. The van der Waals surface area contributed by atoms with Crippen LogP contribution in [-0.2, 0) is 16.4 Å². The molecule has 2 heterocycles. The molecule has 1 unspecified atom stereocenters. The highest BCUT2D eigenvalue weighted by atomic mass is 35.5. The maximum absolute atomic E-state index is 12.8. The molecule has 1 aromatic carbocycles. The Balaban J connectivity index is 1.94.